The number of hydrogen-bond acceptors (Lipinski definition) is 6. The summed E-state index contributed by atoms with van der Waals surface area (Å²) in [7, 11) is 0. The maximum absolute atomic E-state index is 12.5. The molecule has 0 aliphatic carbocycles. The second kappa shape index (κ2) is 11.4. The molecule has 0 unspecified atom stereocenters. The van der Waals surface area contributed by atoms with Gasteiger partial charge in [-0.1, -0.05) is 24.3 Å². The summed E-state index contributed by atoms with van der Waals surface area (Å²) >= 11 is 0. The van der Waals surface area contributed by atoms with Gasteiger partial charge >= 0.3 is 12.1 Å². The molecule has 6 N–H and O–H groups in total. The second-order valence-electron chi connectivity index (χ2n) is 8.83. The van der Waals surface area contributed by atoms with Crippen LogP contribution in [0.5, 0.6) is 0 Å². The van der Waals surface area contributed by atoms with E-state index in [1.165, 1.54) is 17.2 Å². The molecule has 5 rings (SSSR count). The molecule has 3 aromatic rings. The predicted molar refractivity (Wildman–Crippen MR) is 132 cm³/mol. The molecule has 2 aliphatic rings. The number of carbonyl (C=O) groups excluding carboxylic acids is 2. The van der Waals surface area contributed by atoms with E-state index in [1.54, 1.807) is 0 Å². The number of aromatic nitrogens is 2. The Balaban J connectivity index is 0.000000426. The summed E-state index contributed by atoms with van der Waals surface area (Å²) in [4.78, 5) is 33.9. The molecule has 2 aromatic carbocycles. The Morgan fingerprint density at radius 3 is 1.58 bits per heavy atom. The SMILES string of the molecule is O=C(Nc1ccc(C2CNC2)cc1)c1cc(C(=O)Nc2ccc(C3CNC3)cc2)[nH]n1.O=C(O)C(F)(F)F. The van der Waals surface area contributed by atoms with Gasteiger partial charge in [-0.15, -0.1) is 0 Å². The summed E-state index contributed by atoms with van der Waals surface area (Å²) in [6, 6.07) is 17.1. The highest BCUT2D eigenvalue weighted by molar-refractivity contribution is 6.07. The number of nitrogens with zero attached hydrogens (tertiary/aromatic N) is 1. The molecule has 3 heterocycles. The smallest absolute Gasteiger partial charge is 0.475 e. The number of H-pyrrole nitrogens is 1. The Hall–Kier alpha value is -4.23. The summed E-state index contributed by atoms with van der Waals surface area (Å²) in [5.74, 6) is -2.38. The van der Waals surface area contributed by atoms with Crippen molar-refractivity contribution in [3.8, 4) is 0 Å². The fraction of sp³-hybridized carbons (Fsp3) is 0.280. The lowest BCUT2D eigenvalue weighted by Gasteiger charge is -2.27. The van der Waals surface area contributed by atoms with Gasteiger partial charge in [0.2, 0.25) is 0 Å². The molecule has 0 spiro atoms. The van der Waals surface area contributed by atoms with Crippen molar-refractivity contribution in [2.45, 2.75) is 18.0 Å². The minimum Gasteiger partial charge on any atom is -0.475 e. The largest absolute Gasteiger partial charge is 0.490 e. The first kappa shape index (κ1) is 26.8. The van der Waals surface area contributed by atoms with Crippen LogP contribution in [0.25, 0.3) is 0 Å². The molecule has 38 heavy (non-hydrogen) atoms. The minimum absolute atomic E-state index is 0.158. The molecule has 0 bridgehead atoms. The lowest BCUT2D eigenvalue weighted by atomic mass is 9.94. The van der Waals surface area contributed by atoms with E-state index in [0.29, 0.717) is 23.2 Å². The molecule has 0 saturated carbocycles. The first-order valence-corrected chi connectivity index (χ1v) is 11.7. The van der Waals surface area contributed by atoms with Gasteiger partial charge in [0.1, 0.15) is 5.69 Å². The molecule has 200 valence electrons. The molecule has 2 fully saturated rings. The fourth-order valence-electron chi connectivity index (χ4n) is 3.67. The predicted octanol–water partition coefficient (Wildman–Crippen LogP) is 2.92. The third kappa shape index (κ3) is 6.75. The highest BCUT2D eigenvalue weighted by Crippen LogP contribution is 2.23. The lowest BCUT2D eigenvalue weighted by molar-refractivity contribution is -0.192. The Labute approximate surface area is 215 Å². The maximum atomic E-state index is 12.5. The van der Waals surface area contributed by atoms with Gasteiger partial charge in [0.25, 0.3) is 11.8 Å². The topological polar surface area (TPSA) is 148 Å². The number of rotatable bonds is 6. The number of anilines is 2. The maximum Gasteiger partial charge on any atom is 0.490 e. The van der Waals surface area contributed by atoms with Crippen molar-refractivity contribution in [1.82, 2.24) is 20.8 Å². The van der Waals surface area contributed by atoms with E-state index in [9.17, 15) is 22.8 Å². The van der Waals surface area contributed by atoms with Crippen LogP contribution in [-0.4, -0.2) is 65.4 Å². The summed E-state index contributed by atoms with van der Waals surface area (Å²) in [5.41, 5.74) is 4.29. The van der Waals surface area contributed by atoms with Crippen LogP contribution in [0.1, 0.15) is 43.9 Å². The van der Waals surface area contributed by atoms with Gasteiger partial charge in [0, 0.05) is 55.5 Å². The number of halogens is 3. The Kier molecular flexibility index (Phi) is 8.08. The zero-order valence-electron chi connectivity index (χ0n) is 19.9. The minimum atomic E-state index is -5.08. The van der Waals surface area contributed by atoms with Crippen molar-refractivity contribution in [1.29, 1.82) is 0 Å². The van der Waals surface area contributed by atoms with Crippen molar-refractivity contribution >= 4 is 29.2 Å². The van der Waals surface area contributed by atoms with Crippen LogP contribution in [0.3, 0.4) is 0 Å². The van der Waals surface area contributed by atoms with Crippen molar-refractivity contribution in [2.24, 2.45) is 0 Å². The van der Waals surface area contributed by atoms with Gasteiger partial charge in [0.15, 0.2) is 5.69 Å². The van der Waals surface area contributed by atoms with Gasteiger partial charge in [-0.25, -0.2) is 4.79 Å². The highest BCUT2D eigenvalue weighted by Gasteiger charge is 2.38. The van der Waals surface area contributed by atoms with Crippen LogP contribution in [0.15, 0.2) is 54.6 Å². The average molecular weight is 531 g/mol. The van der Waals surface area contributed by atoms with Crippen LogP contribution in [-0.2, 0) is 4.79 Å². The van der Waals surface area contributed by atoms with Crippen molar-refractivity contribution < 1.29 is 32.7 Å². The number of alkyl halides is 3. The number of nitrogens with one attached hydrogen (secondary N) is 5. The van der Waals surface area contributed by atoms with E-state index >= 15 is 0 Å². The summed E-state index contributed by atoms with van der Waals surface area (Å²) in [5, 5.41) is 25.9. The van der Waals surface area contributed by atoms with E-state index in [2.05, 4.69) is 31.5 Å². The van der Waals surface area contributed by atoms with Gasteiger partial charge < -0.3 is 26.4 Å². The van der Waals surface area contributed by atoms with E-state index in [0.717, 1.165) is 26.2 Å². The zero-order valence-corrected chi connectivity index (χ0v) is 19.9. The number of aliphatic carboxylic acids is 1. The first-order chi connectivity index (χ1) is 18.1. The van der Waals surface area contributed by atoms with E-state index in [4.69, 9.17) is 9.90 Å². The number of amides is 2. The number of hydrogen-bond donors (Lipinski definition) is 6. The van der Waals surface area contributed by atoms with Gasteiger partial charge in [-0.3, -0.25) is 14.7 Å². The molecule has 0 atom stereocenters. The van der Waals surface area contributed by atoms with Crippen LogP contribution in [0.2, 0.25) is 0 Å². The molecule has 1 aromatic heterocycles. The van der Waals surface area contributed by atoms with Gasteiger partial charge in [-0.2, -0.15) is 18.3 Å². The molecule has 10 nitrogen and oxygen atoms in total. The molecule has 2 saturated heterocycles. The monoisotopic (exact) mass is 530 g/mol. The standard InChI is InChI=1S/C23H24N6O2.C2HF3O2/c30-22(26-18-5-1-14(2-6-18)16-10-24-11-16)20-9-21(29-28-20)23(31)27-19-7-3-15(4-8-19)17-12-25-13-17;3-2(4,5)1(6)7/h1-9,16-17,24-25H,10-13H2,(H,26,30)(H,27,31)(H,28,29);(H,6,7). The van der Waals surface area contributed by atoms with Gasteiger partial charge in [0.05, 0.1) is 0 Å². The summed E-state index contributed by atoms with van der Waals surface area (Å²) in [6.07, 6.45) is -5.08. The fourth-order valence-corrected chi connectivity index (χ4v) is 3.67. The number of carboxylic acids is 1. The Morgan fingerprint density at radius 2 is 1.21 bits per heavy atom. The van der Waals surface area contributed by atoms with Crippen LogP contribution >= 0.6 is 0 Å². The van der Waals surface area contributed by atoms with Crippen LogP contribution < -0.4 is 21.3 Å². The Bertz CT molecular complexity index is 1200. The normalized spacial score (nSPS) is 15.3. The van der Waals surface area contributed by atoms with Crippen LogP contribution in [0.4, 0.5) is 24.5 Å². The summed E-state index contributed by atoms with van der Waals surface area (Å²) < 4.78 is 31.7. The Morgan fingerprint density at radius 1 is 0.789 bits per heavy atom. The molecular weight excluding hydrogens is 505 g/mol. The van der Waals surface area contributed by atoms with E-state index < -0.39 is 12.1 Å². The van der Waals surface area contributed by atoms with E-state index in [1.807, 2.05) is 48.5 Å². The number of benzene rings is 2. The first-order valence-electron chi connectivity index (χ1n) is 11.7. The molecule has 13 heteroatoms. The summed E-state index contributed by atoms with van der Waals surface area (Å²) in [6.45, 7) is 3.97. The number of carboxylic acid groups (broad SMARTS) is 1. The third-order valence-electron chi connectivity index (χ3n) is 6.14. The second-order valence-corrected chi connectivity index (χ2v) is 8.83. The highest BCUT2D eigenvalue weighted by atomic mass is 19.4. The van der Waals surface area contributed by atoms with Crippen molar-refractivity contribution in [2.75, 3.05) is 36.8 Å². The number of carbonyl (C=O) groups is 3. The zero-order chi connectivity index (χ0) is 27.3. The third-order valence-corrected chi connectivity index (χ3v) is 6.14. The van der Waals surface area contributed by atoms with Crippen molar-refractivity contribution in [3.63, 3.8) is 0 Å². The molecule has 2 aliphatic heterocycles. The quantitative estimate of drug-likeness (QED) is 0.287. The lowest BCUT2D eigenvalue weighted by Crippen LogP contribution is -2.39. The molecular formula is C25H25F3N6O4. The van der Waals surface area contributed by atoms with Crippen molar-refractivity contribution in [3.05, 3.63) is 77.1 Å². The van der Waals surface area contributed by atoms with E-state index in [-0.39, 0.29) is 23.2 Å². The van der Waals surface area contributed by atoms with Gasteiger partial charge in [-0.05, 0) is 35.4 Å². The molecule has 0 radical (unpaired) electrons. The molecule has 2 amide bonds. The van der Waals surface area contributed by atoms with Crippen LogP contribution in [0, 0.1) is 0 Å². The number of aromatic amines is 1. The average Bonchev–Trinajstić information content (AvgIpc) is 3.30.